The number of nitrogen functional groups attached to an aromatic ring is 1. The van der Waals surface area contributed by atoms with Crippen LogP contribution in [0.5, 0.6) is 0 Å². The minimum Gasteiger partial charge on any atom is -0.382 e. The Kier molecular flexibility index (Phi) is 4.11. The number of carbonyl (C=O) groups excluding carboxylic acids is 1. The van der Waals surface area contributed by atoms with Crippen molar-refractivity contribution in [2.45, 2.75) is 26.4 Å². The second kappa shape index (κ2) is 5.79. The first-order valence-corrected chi connectivity index (χ1v) is 6.88. The van der Waals surface area contributed by atoms with E-state index in [1.807, 2.05) is 31.4 Å². The maximum Gasteiger partial charge on any atom is 0.274 e. The van der Waals surface area contributed by atoms with Gasteiger partial charge in [0.25, 0.3) is 5.91 Å². The van der Waals surface area contributed by atoms with Crippen LogP contribution in [0.15, 0.2) is 29.6 Å². The summed E-state index contributed by atoms with van der Waals surface area (Å²) in [5.41, 5.74) is 5.79. The number of rotatable bonds is 4. The van der Waals surface area contributed by atoms with Gasteiger partial charge in [-0.25, -0.2) is 0 Å². The van der Waals surface area contributed by atoms with Crippen molar-refractivity contribution in [3.05, 3.63) is 40.2 Å². The lowest BCUT2D eigenvalue weighted by molar-refractivity contribution is 0.0685. The van der Waals surface area contributed by atoms with Crippen LogP contribution in [0.2, 0.25) is 0 Å². The number of nitrogens with two attached hydrogens (primary N) is 1. The molecular weight excluding hydrogens is 260 g/mol. The van der Waals surface area contributed by atoms with E-state index in [0.717, 1.165) is 4.88 Å². The molecule has 19 heavy (non-hydrogen) atoms. The van der Waals surface area contributed by atoms with Crippen molar-refractivity contribution in [1.29, 1.82) is 0 Å². The molecule has 2 N–H and O–H groups in total. The molecule has 0 unspecified atom stereocenters. The van der Waals surface area contributed by atoms with Gasteiger partial charge in [0.2, 0.25) is 0 Å². The summed E-state index contributed by atoms with van der Waals surface area (Å²) in [4.78, 5) is 15.3. The molecule has 0 aliphatic carbocycles. The molecule has 6 heteroatoms. The third kappa shape index (κ3) is 3.29. The molecule has 0 fully saturated rings. The summed E-state index contributed by atoms with van der Waals surface area (Å²) in [7, 11) is 0. The Morgan fingerprint density at radius 3 is 2.68 bits per heavy atom. The molecule has 0 aliphatic heterocycles. The molecule has 2 aromatic rings. The van der Waals surface area contributed by atoms with Gasteiger partial charge < -0.3 is 10.6 Å². The highest BCUT2D eigenvalue weighted by Gasteiger charge is 2.20. The van der Waals surface area contributed by atoms with E-state index >= 15 is 0 Å². The molecule has 2 heterocycles. The highest BCUT2D eigenvalue weighted by molar-refractivity contribution is 7.09. The second-order valence-corrected chi connectivity index (χ2v) is 5.48. The number of thiophene rings is 1. The van der Waals surface area contributed by atoms with Crippen LogP contribution in [0.25, 0.3) is 0 Å². The number of carbonyl (C=O) groups is 1. The molecule has 0 atom stereocenters. The minimum absolute atomic E-state index is 0.0916. The molecule has 1 amide bonds. The molecule has 0 aromatic carbocycles. The van der Waals surface area contributed by atoms with Gasteiger partial charge in [-0.15, -0.1) is 21.5 Å². The molecule has 0 bridgehead atoms. The fourth-order valence-corrected chi connectivity index (χ4v) is 2.37. The number of aromatic nitrogens is 2. The van der Waals surface area contributed by atoms with Gasteiger partial charge in [-0.1, -0.05) is 6.07 Å². The van der Waals surface area contributed by atoms with Gasteiger partial charge in [0.1, 0.15) is 5.82 Å². The van der Waals surface area contributed by atoms with E-state index in [0.29, 0.717) is 18.1 Å². The summed E-state index contributed by atoms with van der Waals surface area (Å²) in [5, 5.41) is 9.57. The predicted octanol–water partition coefficient (Wildman–Crippen LogP) is 2.17. The zero-order chi connectivity index (χ0) is 13.8. The number of amides is 1. The van der Waals surface area contributed by atoms with Gasteiger partial charge >= 0.3 is 0 Å². The summed E-state index contributed by atoms with van der Waals surface area (Å²) < 4.78 is 0. The molecule has 0 aliphatic rings. The van der Waals surface area contributed by atoms with Gasteiger partial charge in [-0.05, 0) is 37.4 Å². The van der Waals surface area contributed by atoms with Crippen molar-refractivity contribution in [2.75, 3.05) is 5.73 Å². The SMILES string of the molecule is CC(C)N(Cc1cccs1)C(=O)c1ccc(N)nn1. The Bertz CT molecular complexity index is 536. The Balaban J connectivity index is 2.19. The van der Waals surface area contributed by atoms with Crippen molar-refractivity contribution >= 4 is 23.1 Å². The monoisotopic (exact) mass is 276 g/mol. The lowest BCUT2D eigenvalue weighted by atomic mass is 10.2. The molecule has 2 rings (SSSR count). The number of anilines is 1. The maximum atomic E-state index is 12.4. The highest BCUT2D eigenvalue weighted by Crippen LogP contribution is 2.16. The molecule has 5 nitrogen and oxygen atoms in total. The highest BCUT2D eigenvalue weighted by atomic mass is 32.1. The standard InChI is InChI=1S/C13H16N4OS/c1-9(2)17(8-10-4-3-7-19-10)13(18)11-5-6-12(14)16-15-11/h3-7,9H,8H2,1-2H3,(H2,14,16). The van der Waals surface area contributed by atoms with Gasteiger partial charge in [0.15, 0.2) is 5.69 Å². The first-order valence-electron chi connectivity index (χ1n) is 6.00. The van der Waals surface area contributed by atoms with E-state index in [1.165, 1.54) is 0 Å². The van der Waals surface area contributed by atoms with Crippen molar-refractivity contribution in [3.8, 4) is 0 Å². The number of nitrogens with zero attached hydrogens (tertiary/aromatic N) is 3. The zero-order valence-corrected chi connectivity index (χ0v) is 11.7. The van der Waals surface area contributed by atoms with Crippen LogP contribution in [0, 0.1) is 0 Å². The smallest absolute Gasteiger partial charge is 0.274 e. The van der Waals surface area contributed by atoms with Crippen LogP contribution in [-0.2, 0) is 6.54 Å². The van der Waals surface area contributed by atoms with Crippen LogP contribution in [0.4, 0.5) is 5.82 Å². The Morgan fingerprint density at radius 2 is 2.16 bits per heavy atom. The average Bonchev–Trinajstić information content (AvgIpc) is 2.88. The topological polar surface area (TPSA) is 72.1 Å². The van der Waals surface area contributed by atoms with Crippen LogP contribution in [0.1, 0.15) is 29.2 Å². The van der Waals surface area contributed by atoms with Gasteiger partial charge in [-0.3, -0.25) is 4.79 Å². The van der Waals surface area contributed by atoms with E-state index in [2.05, 4.69) is 10.2 Å². The fourth-order valence-electron chi connectivity index (χ4n) is 1.66. The van der Waals surface area contributed by atoms with Gasteiger partial charge in [-0.2, -0.15) is 0 Å². The summed E-state index contributed by atoms with van der Waals surface area (Å²) >= 11 is 1.63. The zero-order valence-electron chi connectivity index (χ0n) is 10.9. The normalized spacial score (nSPS) is 10.7. The van der Waals surface area contributed by atoms with E-state index < -0.39 is 0 Å². The van der Waals surface area contributed by atoms with Crippen LogP contribution >= 0.6 is 11.3 Å². The Hall–Kier alpha value is -1.95. The quantitative estimate of drug-likeness (QED) is 0.929. The molecule has 0 radical (unpaired) electrons. The number of hydrogen-bond acceptors (Lipinski definition) is 5. The van der Waals surface area contributed by atoms with Crippen LogP contribution in [0.3, 0.4) is 0 Å². The van der Waals surface area contributed by atoms with Crippen molar-refractivity contribution in [1.82, 2.24) is 15.1 Å². The molecular formula is C13H16N4OS. The summed E-state index contributed by atoms with van der Waals surface area (Å²) in [6.07, 6.45) is 0. The third-order valence-electron chi connectivity index (χ3n) is 2.69. The Labute approximate surface area is 116 Å². The summed E-state index contributed by atoms with van der Waals surface area (Å²) in [6, 6.07) is 7.28. The van der Waals surface area contributed by atoms with Crippen LogP contribution < -0.4 is 5.73 Å². The second-order valence-electron chi connectivity index (χ2n) is 4.45. The summed E-state index contributed by atoms with van der Waals surface area (Å²) in [5.74, 6) is 0.182. The van der Waals surface area contributed by atoms with Crippen molar-refractivity contribution in [3.63, 3.8) is 0 Å². The van der Waals surface area contributed by atoms with Crippen molar-refractivity contribution < 1.29 is 4.79 Å². The maximum absolute atomic E-state index is 12.4. The molecule has 0 spiro atoms. The first-order chi connectivity index (χ1) is 9.08. The van der Waals surface area contributed by atoms with Gasteiger partial charge in [0.05, 0.1) is 6.54 Å². The van der Waals surface area contributed by atoms with Crippen molar-refractivity contribution in [2.24, 2.45) is 0 Å². The van der Waals surface area contributed by atoms with E-state index in [4.69, 9.17) is 5.73 Å². The van der Waals surface area contributed by atoms with Gasteiger partial charge in [0, 0.05) is 10.9 Å². The van der Waals surface area contributed by atoms with E-state index in [1.54, 1.807) is 28.4 Å². The molecule has 100 valence electrons. The lowest BCUT2D eigenvalue weighted by Crippen LogP contribution is -2.36. The predicted molar refractivity (Wildman–Crippen MR) is 75.8 cm³/mol. The number of hydrogen-bond donors (Lipinski definition) is 1. The minimum atomic E-state index is -0.129. The first kappa shape index (κ1) is 13.5. The molecule has 2 aromatic heterocycles. The van der Waals surface area contributed by atoms with Crippen LogP contribution in [-0.4, -0.2) is 27.0 Å². The summed E-state index contributed by atoms with van der Waals surface area (Å²) in [6.45, 7) is 4.55. The molecule has 0 saturated heterocycles. The average molecular weight is 276 g/mol. The van der Waals surface area contributed by atoms with E-state index in [-0.39, 0.29) is 11.9 Å². The fraction of sp³-hybridized carbons (Fsp3) is 0.308. The lowest BCUT2D eigenvalue weighted by Gasteiger charge is -2.25. The molecule has 0 saturated carbocycles. The largest absolute Gasteiger partial charge is 0.382 e. The third-order valence-corrected chi connectivity index (χ3v) is 3.56. The Morgan fingerprint density at radius 1 is 1.37 bits per heavy atom. The van der Waals surface area contributed by atoms with E-state index in [9.17, 15) is 4.79 Å².